The molecule has 0 amide bonds. The van der Waals surface area contributed by atoms with Gasteiger partial charge in [0.25, 0.3) is 0 Å². The number of anilines is 1. The lowest BCUT2D eigenvalue weighted by Gasteiger charge is -2.07. The Morgan fingerprint density at radius 3 is 2.89 bits per heavy atom. The average molecular weight is 312 g/mol. The van der Waals surface area contributed by atoms with Crippen molar-refractivity contribution in [3.8, 4) is 11.6 Å². The van der Waals surface area contributed by atoms with Gasteiger partial charge in [-0.05, 0) is 35.0 Å². The quantitative estimate of drug-likeness (QED) is 0.937. The summed E-state index contributed by atoms with van der Waals surface area (Å²) in [6.45, 7) is 2.72. The number of halogens is 2. The highest BCUT2D eigenvalue weighted by Gasteiger charge is 2.04. The number of rotatable bonds is 4. The molecule has 0 saturated carbocycles. The van der Waals surface area contributed by atoms with E-state index in [1.54, 1.807) is 18.2 Å². The maximum atomic E-state index is 13.3. The van der Waals surface area contributed by atoms with Crippen molar-refractivity contribution >= 4 is 21.7 Å². The van der Waals surface area contributed by atoms with E-state index in [0.717, 1.165) is 6.54 Å². The predicted molar refractivity (Wildman–Crippen MR) is 70.4 cm³/mol. The van der Waals surface area contributed by atoms with Crippen LogP contribution < -0.4 is 10.1 Å². The molecule has 94 valence electrons. The fourth-order valence-corrected chi connectivity index (χ4v) is 1.58. The number of aromatic nitrogens is 2. The molecule has 0 unspecified atom stereocenters. The first-order valence-corrected chi connectivity index (χ1v) is 6.17. The van der Waals surface area contributed by atoms with Gasteiger partial charge in [0.1, 0.15) is 23.7 Å². The zero-order valence-electron chi connectivity index (χ0n) is 9.65. The van der Waals surface area contributed by atoms with E-state index in [-0.39, 0.29) is 5.82 Å². The van der Waals surface area contributed by atoms with Crippen LogP contribution in [0.4, 0.5) is 10.2 Å². The summed E-state index contributed by atoms with van der Waals surface area (Å²) >= 11 is 3.08. The molecule has 18 heavy (non-hydrogen) atoms. The standard InChI is InChI=1S/C12H11BrFN3O/c1-2-15-11-6-12(17-7-16-11)18-8-3-4-9(13)10(14)5-8/h3-7H,2H2,1H3,(H,15,16,17). The Bertz CT molecular complexity index is 551. The van der Waals surface area contributed by atoms with E-state index < -0.39 is 0 Å². The van der Waals surface area contributed by atoms with Gasteiger partial charge >= 0.3 is 0 Å². The van der Waals surface area contributed by atoms with Crippen LogP contribution in [0.5, 0.6) is 11.6 Å². The highest BCUT2D eigenvalue weighted by molar-refractivity contribution is 9.10. The summed E-state index contributed by atoms with van der Waals surface area (Å²) in [6.07, 6.45) is 1.39. The Hall–Kier alpha value is -1.69. The molecule has 0 aliphatic heterocycles. The Morgan fingerprint density at radius 2 is 2.17 bits per heavy atom. The van der Waals surface area contributed by atoms with Gasteiger partial charge in [-0.3, -0.25) is 0 Å². The molecule has 0 aliphatic carbocycles. The van der Waals surface area contributed by atoms with Crippen LogP contribution in [0.3, 0.4) is 0 Å². The molecule has 0 saturated heterocycles. The van der Waals surface area contributed by atoms with Gasteiger partial charge in [-0.15, -0.1) is 0 Å². The third kappa shape index (κ3) is 3.16. The highest BCUT2D eigenvalue weighted by Crippen LogP contribution is 2.25. The number of hydrogen-bond donors (Lipinski definition) is 1. The minimum absolute atomic E-state index is 0.364. The number of nitrogens with zero attached hydrogens (tertiary/aromatic N) is 2. The van der Waals surface area contributed by atoms with E-state index in [1.807, 2.05) is 6.92 Å². The highest BCUT2D eigenvalue weighted by atomic mass is 79.9. The molecule has 0 bridgehead atoms. The van der Waals surface area contributed by atoms with Crippen molar-refractivity contribution in [1.29, 1.82) is 0 Å². The van der Waals surface area contributed by atoms with Crippen LogP contribution in [-0.2, 0) is 0 Å². The van der Waals surface area contributed by atoms with Gasteiger partial charge in [0, 0.05) is 18.7 Å². The van der Waals surface area contributed by atoms with Crippen molar-refractivity contribution in [3.05, 3.63) is 40.9 Å². The van der Waals surface area contributed by atoms with Crippen LogP contribution in [0.25, 0.3) is 0 Å². The molecule has 0 aliphatic rings. The molecule has 2 rings (SSSR count). The maximum absolute atomic E-state index is 13.3. The maximum Gasteiger partial charge on any atom is 0.224 e. The fraction of sp³-hybridized carbons (Fsp3) is 0.167. The number of nitrogens with one attached hydrogen (secondary N) is 1. The Kier molecular flexibility index (Phi) is 4.09. The van der Waals surface area contributed by atoms with Crippen molar-refractivity contribution in [2.24, 2.45) is 0 Å². The Balaban J connectivity index is 2.17. The van der Waals surface area contributed by atoms with Crippen molar-refractivity contribution in [3.63, 3.8) is 0 Å². The number of benzene rings is 1. The van der Waals surface area contributed by atoms with E-state index in [1.165, 1.54) is 12.4 Å². The van der Waals surface area contributed by atoms with Gasteiger partial charge in [-0.25, -0.2) is 14.4 Å². The summed E-state index contributed by atoms with van der Waals surface area (Å²) in [7, 11) is 0. The minimum Gasteiger partial charge on any atom is -0.439 e. The summed E-state index contributed by atoms with van der Waals surface area (Å²) in [5, 5.41) is 3.04. The van der Waals surface area contributed by atoms with Crippen LogP contribution in [-0.4, -0.2) is 16.5 Å². The Labute approximate surface area is 112 Å². The van der Waals surface area contributed by atoms with Crippen LogP contribution in [0.15, 0.2) is 35.1 Å². The summed E-state index contributed by atoms with van der Waals surface area (Å²) in [5.41, 5.74) is 0. The van der Waals surface area contributed by atoms with E-state index in [9.17, 15) is 4.39 Å². The van der Waals surface area contributed by atoms with E-state index in [0.29, 0.717) is 21.9 Å². The lowest BCUT2D eigenvalue weighted by atomic mass is 10.3. The molecule has 4 nitrogen and oxygen atoms in total. The van der Waals surface area contributed by atoms with Crippen molar-refractivity contribution in [2.45, 2.75) is 6.92 Å². The summed E-state index contributed by atoms with van der Waals surface area (Å²) in [6, 6.07) is 6.18. The first-order chi connectivity index (χ1) is 8.69. The zero-order valence-corrected chi connectivity index (χ0v) is 11.2. The fourth-order valence-electron chi connectivity index (χ4n) is 1.33. The second-order valence-corrected chi connectivity index (χ2v) is 4.30. The van der Waals surface area contributed by atoms with Crippen molar-refractivity contribution in [2.75, 3.05) is 11.9 Å². The average Bonchev–Trinajstić information content (AvgIpc) is 2.35. The molecule has 0 spiro atoms. The monoisotopic (exact) mass is 311 g/mol. The molecule has 0 radical (unpaired) electrons. The second-order valence-electron chi connectivity index (χ2n) is 3.45. The number of hydrogen-bond acceptors (Lipinski definition) is 4. The largest absolute Gasteiger partial charge is 0.439 e. The van der Waals surface area contributed by atoms with Gasteiger partial charge < -0.3 is 10.1 Å². The molecular formula is C12H11BrFN3O. The lowest BCUT2D eigenvalue weighted by molar-refractivity contribution is 0.456. The summed E-state index contributed by atoms with van der Waals surface area (Å²) in [5.74, 6) is 1.04. The molecule has 1 aromatic heterocycles. The molecule has 1 heterocycles. The second kappa shape index (κ2) is 5.77. The van der Waals surface area contributed by atoms with E-state index in [2.05, 4.69) is 31.2 Å². The van der Waals surface area contributed by atoms with Gasteiger partial charge in [0.2, 0.25) is 5.88 Å². The first kappa shape index (κ1) is 12.8. The first-order valence-electron chi connectivity index (χ1n) is 5.38. The molecular weight excluding hydrogens is 301 g/mol. The third-order valence-corrected chi connectivity index (χ3v) is 2.76. The number of ether oxygens (including phenoxy) is 1. The molecule has 6 heteroatoms. The van der Waals surface area contributed by atoms with E-state index >= 15 is 0 Å². The minimum atomic E-state index is -0.381. The molecule has 1 N–H and O–H groups in total. The molecule has 2 aromatic rings. The normalized spacial score (nSPS) is 10.2. The zero-order chi connectivity index (χ0) is 13.0. The van der Waals surface area contributed by atoms with Gasteiger partial charge in [0.15, 0.2) is 0 Å². The molecule has 0 atom stereocenters. The molecule has 0 fully saturated rings. The smallest absolute Gasteiger partial charge is 0.224 e. The van der Waals surface area contributed by atoms with Crippen molar-refractivity contribution < 1.29 is 9.13 Å². The van der Waals surface area contributed by atoms with Crippen molar-refractivity contribution in [1.82, 2.24) is 9.97 Å². The van der Waals surface area contributed by atoms with Crippen LogP contribution >= 0.6 is 15.9 Å². The van der Waals surface area contributed by atoms with Crippen LogP contribution in [0.1, 0.15) is 6.92 Å². The van der Waals surface area contributed by atoms with Crippen LogP contribution in [0.2, 0.25) is 0 Å². The molecule has 1 aromatic carbocycles. The Morgan fingerprint density at radius 1 is 1.33 bits per heavy atom. The van der Waals surface area contributed by atoms with Gasteiger partial charge in [-0.1, -0.05) is 0 Å². The van der Waals surface area contributed by atoms with E-state index in [4.69, 9.17) is 4.74 Å². The topological polar surface area (TPSA) is 47.0 Å². The van der Waals surface area contributed by atoms with Crippen LogP contribution in [0, 0.1) is 5.82 Å². The van der Waals surface area contributed by atoms with Gasteiger partial charge in [-0.2, -0.15) is 0 Å². The third-order valence-electron chi connectivity index (χ3n) is 2.11. The summed E-state index contributed by atoms with van der Waals surface area (Å²) in [4.78, 5) is 7.98. The summed E-state index contributed by atoms with van der Waals surface area (Å²) < 4.78 is 19.2. The van der Waals surface area contributed by atoms with Gasteiger partial charge in [0.05, 0.1) is 4.47 Å². The predicted octanol–water partition coefficient (Wildman–Crippen LogP) is 3.60. The lowest BCUT2D eigenvalue weighted by Crippen LogP contribution is -2.00. The SMILES string of the molecule is CCNc1cc(Oc2ccc(Br)c(F)c2)ncn1.